The molecule has 0 radical (unpaired) electrons. The first-order valence-electron chi connectivity index (χ1n) is 27.7. The van der Waals surface area contributed by atoms with Crippen molar-refractivity contribution >= 4 is 57.4 Å². The van der Waals surface area contributed by atoms with Crippen LogP contribution < -0.4 is 20.4 Å². The molecule has 4 amide bonds. The first-order chi connectivity index (χ1) is 37.1. The van der Waals surface area contributed by atoms with E-state index in [9.17, 15) is 24.3 Å². The number of benzene rings is 4. The van der Waals surface area contributed by atoms with E-state index in [2.05, 4.69) is 55.8 Å². The minimum absolute atomic E-state index is 0.0136. The highest BCUT2D eigenvalue weighted by Gasteiger charge is 2.41. The van der Waals surface area contributed by atoms with Gasteiger partial charge in [-0.05, 0) is 141 Å². The summed E-state index contributed by atoms with van der Waals surface area (Å²) in [6, 6.07) is 22.6. The monoisotopic (exact) mass is 1050 g/mol. The van der Waals surface area contributed by atoms with Gasteiger partial charge in [0.25, 0.3) is 0 Å². The van der Waals surface area contributed by atoms with E-state index in [1.165, 1.54) is 24.8 Å². The molecular weight excluding hydrogens is 983 g/mol. The zero-order chi connectivity index (χ0) is 54.1. The molecule has 5 N–H and O–H groups in total. The summed E-state index contributed by atoms with van der Waals surface area (Å²) in [7, 11) is 1.27. The average Bonchev–Trinajstić information content (AvgIpc) is 4.29. The summed E-state index contributed by atoms with van der Waals surface area (Å²) in [5.74, 6) is -0.340. The molecule has 0 unspecified atom stereocenters. The Labute approximate surface area is 448 Å². The normalized spacial score (nSPS) is 20.9. The van der Waals surface area contributed by atoms with Crippen molar-refractivity contribution in [3.8, 4) is 0 Å². The summed E-state index contributed by atoms with van der Waals surface area (Å²) in [6.45, 7) is 9.56. The maximum Gasteiger partial charge on any atom is 0.407 e. The number of hydrogen-bond donors (Lipinski definition) is 5. The molecule has 4 aromatic carbocycles. The largest absolute Gasteiger partial charge is 0.465 e. The van der Waals surface area contributed by atoms with E-state index in [4.69, 9.17) is 14.7 Å². The highest BCUT2D eigenvalue weighted by Crippen LogP contribution is 2.49. The molecule has 0 aliphatic carbocycles. The number of fused-ring (bicyclic) bond motifs is 2. The maximum absolute atomic E-state index is 16.9. The van der Waals surface area contributed by atoms with Gasteiger partial charge in [0.05, 0.1) is 53.3 Å². The summed E-state index contributed by atoms with van der Waals surface area (Å²) in [5.41, 5.74) is 6.59. The van der Waals surface area contributed by atoms with Crippen LogP contribution in [-0.2, 0) is 20.7 Å². The molecule has 16 nitrogen and oxygen atoms in total. The summed E-state index contributed by atoms with van der Waals surface area (Å²) in [4.78, 5) is 76.2. The van der Waals surface area contributed by atoms with Crippen LogP contribution in [0.4, 0.5) is 29.7 Å². The summed E-state index contributed by atoms with van der Waals surface area (Å²) in [6.07, 6.45) is 7.23. The molecule has 0 saturated carbocycles. The molecule has 6 atom stereocenters. The van der Waals surface area contributed by atoms with Crippen LogP contribution >= 0.6 is 0 Å². The number of piperidine rings is 1. The number of alkyl carbamates (subject to hydrolysis) is 1. The van der Waals surface area contributed by atoms with E-state index < -0.39 is 35.9 Å². The number of nitrogens with one attached hydrogen (secondary N) is 4. The van der Waals surface area contributed by atoms with Gasteiger partial charge in [-0.1, -0.05) is 70.2 Å². The number of carboxylic acid groups (broad SMARTS) is 1. The summed E-state index contributed by atoms with van der Waals surface area (Å²) >= 11 is 0. The van der Waals surface area contributed by atoms with Crippen molar-refractivity contribution in [3.63, 3.8) is 0 Å². The Morgan fingerprint density at radius 1 is 0.675 bits per heavy atom. The molecular formula is C59H72F2N10O6. The zero-order valence-corrected chi connectivity index (χ0v) is 44.7. The number of amides is 4. The van der Waals surface area contributed by atoms with Crippen molar-refractivity contribution in [1.82, 2.24) is 40.4 Å². The lowest BCUT2D eigenvalue weighted by Gasteiger charge is -2.36. The fourth-order valence-corrected chi connectivity index (χ4v) is 12.7. The van der Waals surface area contributed by atoms with Gasteiger partial charge >= 0.3 is 12.2 Å². The number of anilines is 2. The standard InChI is InChI=1S/C59H72F2N10O6/c1-34(2)51(66-58(74)75)56(72)69-26-10-16-49(69)54-62-43-20-18-38(30-45(43)64-54)47-22-23-48(39-19-21-44-46(31-39)65-55(63-44)50-17-11-27-70(50)57(73)52(35(3)4)67-59(76)77-5)71(47)40-32-41(60)53(42(61)33-40)68-28-24-37(25-29-68)15-9-14-36-12-7-6-8-13-36/h6-8,12-13,18-21,30-35,37,47-52,66H,9-11,14-17,22-29H2,1-5H3,(H,62,64)(H,63,65)(H,67,76)(H,74,75)/t47-,48-,49+,50+,51+,52+/m1/s1. The SMILES string of the molecule is COC(=O)N[C@H](C(=O)N1CCC[C@H]1c1nc2ccc([C@H]3CC[C@H](c4ccc5nc([C@@H]6CCCN6C(=O)[C@@H](NC(=O)O)C(C)C)[nH]c5c4)N3c3cc(F)c(N4CCC(CCCc5ccccc5)CC4)c(F)c3)cc2[nH]1)C(C)C. The minimum Gasteiger partial charge on any atom is -0.465 e. The summed E-state index contributed by atoms with van der Waals surface area (Å²) in [5, 5.41) is 14.7. The lowest BCUT2D eigenvalue weighted by atomic mass is 9.90. The van der Waals surface area contributed by atoms with Gasteiger partial charge in [0.2, 0.25) is 11.8 Å². The zero-order valence-electron chi connectivity index (χ0n) is 44.7. The Morgan fingerprint density at radius 3 is 1.69 bits per heavy atom. The Balaban J connectivity index is 0.941. The third-order valence-corrected chi connectivity index (χ3v) is 16.7. The van der Waals surface area contributed by atoms with Crippen molar-refractivity contribution in [3.05, 3.63) is 119 Å². The number of carbonyl (C=O) groups excluding carboxylic acids is 3. The smallest absolute Gasteiger partial charge is 0.407 e. The summed E-state index contributed by atoms with van der Waals surface area (Å²) < 4.78 is 38.6. The van der Waals surface area contributed by atoms with E-state index in [1.807, 2.05) is 69.0 Å². The van der Waals surface area contributed by atoms with Gasteiger partial charge in [-0.3, -0.25) is 9.59 Å². The molecule has 4 saturated heterocycles. The van der Waals surface area contributed by atoms with Crippen molar-refractivity contribution in [1.29, 1.82) is 0 Å². The number of halogens is 2. The third-order valence-electron chi connectivity index (χ3n) is 16.7. The lowest BCUT2D eigenvalue weighted by molar-refractivity contribution is -0.136. The maximum atomic E-state index is 16.9. The van der Waals surface area contributed by atoms with Gasteiger partial charge in [0.15, 0.2) is 11.6 Å². The number of H-pyrrole nitrogens is 2. The van der Waals surface area contributed by atoms with Crippen molar-refractivity contribution in [2.24, 2.45) is 17.8 Å². The van der Waals surface area contributed by atoms with Crippen LogP contribution in [-0.4, -0.2) is 104 Å². The molecule has 18 heteroatoms. The third kappa shape index (κ3) is 11.2. The van der Waals surface area contributed by atoms with E-state index in [1.54, 1.807) is 9.80 Å². The molecule has 10 rings (SSSR count). The molecule has 6 aromatic rings. The average molecular weight is 1060 g/mol. The predicted octanol–water partition coefficient (Wildman–Crippen LogP) is 11.0. The first kappa shape index (κ1) is 53.2. The Kier molecular flexibility index (Phi) is 15.7. The van der Waals surface area contributed by atoms with Crippen LogP contribution in [0.25, 0.3) is 22.1 Å². The topological polar surface area (TPSA) is 192 Å². The number of hydrogen-bond acceptors (Lipinski definition) is 9. The quantitative estimate of drug-likeness (QED) is 0.0623. The number of ether oxygens (including phenoxy) is 1. The van der Waals surface area contributed by atoms with Gasteiger partial charge in [-0.25, -0.2) is 28.3 Å². The number of likely N-dealkylation sites (tertiary alicyclic amines) is 2. The van der Waals surface area contributed by atoms with Gasteiger partial charge in [0, 0.05) is 31.9 Å². The number of aromatic nitrogens is 4. The van der Waals surface area contributed by atoms with Crippen molar-refractivity contribution < 1.29 is 37.8 Å². The molecule has 408 valence electrons. The number of nitrogens with zero attached hydrogens (tertiary/aromatic N) is 6. The molecule has 2 aromatic heterocycles. The predicted molar refractivity (Wildman–Crippen MR) is 291 cm³/mol. The Hall–Kier alpha value is -7.24. The fraction of sp³-hybridized carbons (Fsp3) is 0.492. The van der Waals surface area contributed by atoms with Gasteiger partial charge in [-0.2, -0.15) is 0 Å². The van der Waals surface area contributed by atoms with Crippen LogP contribution in [0, 0.1) is 29.4 Å². The molecule has 77 heavy (non-hydrogen) atoms. The highest BCUT2D eigenvalue weighted by molar-refractivity contribution is 5.87. The molecule has 4 aliphatic rings. The Morgan fingerprint density at radius 2 is 1.19 bits per heavy atom. The Bertz CT molecular complexity index is 3080. The van der Waals surface area contributed by atoms with E-state index >= 15 is 8.78 Å². The first-order valence-corrected chi connectivity index (χ1v) is 27.7. The van der Waals surface area contributed by atoms with Crippen LogP contribution in [0.5, 0.6) is 0 Å². The van der Waals surface area contributed by atoms with Crippen molar-refractivity contribution in [2.45, 2.75) is 135 Å². The number of aromatic amines is 2. The number of aryl methyl sites for hydroxylation is 1. The van der Waals surface area contributed by atoms with Crippen molar-refractivity contribution in [2.75, 3.05) is 43.1 Å². The van der Waals surface area contributed by atoms with Crippen LogP contribution in [0.2, 0.25) is 0 Å². The molecule has 6 heterocycles. The van der Waals surface area contributed by atoms with E-state index in [0.29, 0.717) is 80.6 Å². The second-order valence-electron chi connectivity index (χ2n) is 22.3. The van der Waals surface area contributed by atoms with Gasteiger partial charge in [0.1, 0.15) is 29.4 Å². The second kappa shape index (κ2) is 22.8. The molecule has 4 fully saturated rings. The minimum atomic E-state index is -1.25. The molecule has 4 aliphatic heterocycles. The van der Waals surface area contributed by atoms with Crippen LogP contribution in [0.3, 0.4) is 0 Å². The number of imidazole rings is 2. The number of methoxy groups -OCH3 is 1. The lowest BCUT2D eigenvalue weighted by Crippen LogP contribution is -2.51. The van der Waals surface area contributed by atoms with Crippen LogP contribution in [0.1, 0.15) is 144 Å². The highest BCUT2D eigenvalue weighted by atomic mass is 19.1. The number of carbonyl (C=O) groups is 4. The van der Waals surface area contributed by atoms with Gasteiger partial charge in [-0.15, -0.1) is 0 Å². The number of rotatable bonds is 16. The fourth-order valence-electron chi connectivity index (χ4n) is 12.7. The second-order valence-corrected chi connectivity index (χ2v) is 22.3. The van der Waals surface area contributed by atoms with Gasteiger partial charge < -0.3 is 50.0 Å². The van der Waals surface area contributed by atoms with E-state index in [0.717, 1.165) is 72.6 Å². The van der Waals surface area contributed by atoms with E-state index in [-0.39, 0.29) is 53.5 Å². The molecule has 0 bridgehead atoms. The van der Waals surface area contributed by atoms with Crippen LogP contribution in [0.15, 0.2) is 78.9 Å². The molecule has 0 spiro atoms.